The number of nitrogens with one attached hydrogen (secondary N) is 1. The third kappa shape index (κ3) is 7.21. The molecule has 8 heteroatoms. The van der Waals surface area contributed by atoms with E-state index >= 15 is 0 Å². The van der Waals surface area contributed by atoms with Crippen molar-refractivity contribution in [3.63, 3.8) is 0 Å². The van der Waals surface area contributed by atoms with Gasteiger partial charge in [-0.2, -0.15) is 5.10 Å². The number of ether oxygens (including phenoxy) is 3. The van der Waals surface area contributed by atoms with Crippen LogP contribution < -0.4 is 25.4 Å². The number of nitrogens with zero attached hydrogens (tertiary/aromatic N) is 1. The van der Waals surface area contributed by atoms with E-state index in [1.165, 1.54) is 5.56 Å². The van der Waals surface area contributed by atoms with Crippen molar-refractivity contribution >= 4 is 39.5 Å². The van der Waals surface area contributed by atoms with Crippen LogP contribution in [0.1, 0.15) is 31.9 Å². The van der Waals surface area contributed by atoms with Crippen LogP contribution in [-0.4, -0.2) is 31.7 Å². The standard InChI is InChI=1S/C21H26BrN3O3S/c1-21(2,3)15-5-7-16(8-6-15)27-9-10-28-19-17(22)11-14(12-18(19)26-4)13-24-25-20(23)29/h5-8,11-13H,9-10H2,1-4H3,(H3,23,25,29)/b24-13-. The summed E-state index contributed by atoms with van der Waals surface area (Å²) in [5.74, 6) is 1.98. The Bertz CT molecular complexity index is 865. The maximum Gasteiger partial charge on any atom is 0.184 e. The highest BCUT2D eigenvalue weighted by Gasteiger charge is 2.13. The van der Waals surface area contributed by atoms with Gasteiger partial charge in [0.25, 0.3) is 0 Å². The third-order valence-corrected chi connectivity index (χ3v) is 4.64. The van der Waals surface area contributed by atoms with Gasteiger partial charge in [0.1, 0.15) is 19.0 Å². The highest BCUT2D eigenvalue weighted by atomic mass is 79.9. The zero-order valence-corrected chi connectivity index (χ0v) is 19.4. The van der Waals surface area contributed by atoms with E-state index in [4.69, 9.17) is 32.2 Å². The molecule has 0 heterocycles. The number of hydrogen-bond donors (Lipinski definition) is 2. The first-order valence-electron chi connectivity index (χ1n) is 9.03. The van der Waals surface area contributed by atoms with E-state index in [-0.39, 0.29) is 10.5 Å². The molecule has 0 aliphatic heterocycles. The van der Waals surface area contributed by atoms with Crippen LogP contribution in [0.3, 0.4) is 0 Å². The fourth-order valence-corrected chi connectivity index (χ4v) is 3.11. The van der Waals surface area contributed by atoms with E-state index in [0.717, 1.165) is 15.8 Å². The second-order valence-corrected chi connectivity index (χ2v) is 8.53. The summed E-state index contributed by atoms with van der Waals surface area (Å²) in [6.07, 6.45) is 1.58. The minimum Gasteiger partial charge on any atom is -0.493 e. The number of nitrogens with two attached hydrogens (primary N) is 1. The molecular weight excluding hydrogens is 454 g/mol. The van der Waals surface area contributed by atoms with Gasteiger partial charge in [0.15, 0.2) is 16.6 Å². The van der Waals surface area contributed by atoms with Crippen molar-refractivity contribution in [3.05, 3.63) is 52.0 Å². The van der Waals surface area contributed by atoms with Crippen molar-refractivity contribution in [2.45, 2.75) is 26.2 Å². The summed E-state index contributed by atoms with van der Waals surface area (Å²) < 4.78 is 17.8. The quantitative estimate of drug-likeness (QED) is 0.253. The average molecular weight is 480 g/mol. The predicted octanol–water partition coefficient (Wildman–Crippen LogP) is 4.38. The molecule has 6 nitrogen and oxygen atoms in total. The molecule has 2 aromatic carbocycles. The van der Waals surface area contributed by atoms with E-state index in [1.807, 2.05) is 18.2 Å². The Morgan fingerprint density at radius 1 is 1.17 bits per heavy atom. The molecule has 0 fully saturated rings. The summed E-state index contributed by atoms with van der Waals surface area (Å²) in [7, 11) is 1.58. The van der Waals surface area contributed by atoms with Crippen LogP contribution in [0, 0.1) is 0 Å². The molecule has 2 aromatic rings. The predicted molar refractivity (Wildman–Crippen MR) is 124 cm³/mol. The molecule has 0 aromatic heterocycles. The largest absolute Gasteiger partial charge is 0.493 e. The maximum absolute atomic E-state index is 5.86. The lowest BCUT2D eigenvalue weighted by Gasteiger charge is -2.19. The molecule has 156 valence electrons. The van der Waals surface area contributed by atoms with Crippen molar-refractivity contribution in [3.8, 4) is 17.2 Å². The summed E-state index contributed by atoms with van der Waals surface area (Å²) in [6, 6.07) is 11.8. The molecule has 0 aliphatic rings. The van der Waals surface area contributed by atoms with Crippen LogP contribution in [0.2, 0.25) is 0 Å². The first-order chi connectivity index (χ1) is 13.7. The zero-order chi connectivity index (χ0) is 21.4. The number of halogens is 1. The highest BCUT2D eigenvalue weighted by molar-refractivity contribution is 9.10. The fraction of sp³-hybridized carbons (Fsp3) is 0.333. The molecule has 0 amide bonds. The maximum atomic E-state index is 5.86. The number of methoxy groups -OCH3 is 1. The van der Waals surface area contributed by atoms with E-state index in [9.17, 15) is 0 Å². The van der Waals surface area contributed by atoms with Crippen LogP contribution in [0.15, 0.2) is 46.0 Å². The lowest BCUT2D eigenvalue weighted by molar-refractivity contribution is 0.210. The molecule has 0 saturated carbocycles. The molecule has 0 bridgehead atoms. The molecule has 0 unspecified atom stereocenters. The van der Waals surface area contributed by atoms with Crippen molar-refractivity contribution in [2.24, 2.45) is 10.8 Å². The molecule has 0 atom stereocenters. The summed E-state index contributed by atoms with van der Waals surface area (Å²) in [5, 5.41) is 4.04. The molecule has 0 saturated heterocycles. The van der Waals surface area contributed by atoms with Gasteiger partial charge in [0, 0.05) is 0 Å². The van der Waals surface area contributed by atoms with Gasteiger partial charge in [-0.05, 0) is 69.0 Å². The monoisotopic (exact) mass is 479 g/mol. The number of rotatable bonds is 8. The summed E-state index contributed by atoms with van der Waals surface area (Å²) in [5.41, 5.74) is 10.0. The Labute approximate surface area is 185 Å². The van der Waals surface area contributed by atoms with Crippen LogP contribution in [-0.2, 0) is 5.41 Å². The Balaban J connectivity index is 1.94. The Morgan fingerprint density at radius 2 is 1.83 bits per heavy atom. The van der Waals surface area contributed by atoms with Gasteiger partial charge in [-0.25, -0.2) is 0 Å². The molecule has 0 radical (unpaired) electrons. The summed E-state index contributed by atoms with van der Waals surface area (Å²) >= 11 is 8.22. The van der Waals surface area contributed by atoms with E-state index in [1.54, 1.807) is 19.4 Å². The van der Waals surface area contributed by atoms with Gasteiger partial charge in [-0.15, -0.1) is 0 Å². The van der Waals surface area contributed by atoms with Gasteiger partial charge in [-0.1, -0.05) is 32.9 Å². The number of hydrogen-bond acceptors (Lipinski definition) is 5. The second kappa shape index (κ2) is 10.5. The Hall–Kier alpha value is -2.32. The minimum absolute atomic E-state index is 0.0975. The van der Waals surface area contributed by atoms with E-state index in [2.05, 4.69) is 59.4 Å². The zero-order valence-electron chi connectivity index (χ0n) is 17.0. The number of hydrazone groups is 1. The van der Waals surface area contributed by atoms with Gasteiger partial charge in [0.2, 0.25) is 0 Å². The van der Waals surface area contributed by atoms with Crippen molar-refractivity contribution in [1.29, 1.82) is 0 Å². The number of benzene rings is 2. The van der Waals surface area contributed by atoms with Crippen LogP contribution in [0.5, 0.6) is 17.2 Å². The van der Waals surface area contributed by atoms with E-state index in [0.29, 0.717) is 24.7 Å². The van der Waals surface area contributed by atoms with Crippen molar-refractivity contribution in [1.82, 2.24) is 5.43 Å². The second-order valence-electron chi connectivity index (χ2n) is 7.24. The van der Waals surface area contributed by atoms with Gasteiger partial charge >= 0.3 is 0 Å². The van der Waals surface area contributed by atoms with Crippen molar-refractivity contribution in [2.75, 3.05) is 20.3 Å². The van der Waals surface area contributed by atoms with Crippen LogP contribution in [0.4, 0.5) is 0 Å². The molecule has 2 rings (SSSR count). The van der Waals surface area contributed by atoms with Crippen LogP contribution >= 0.6 is 28.1 Å². The smallest absolute Gasteiger partial charge is 0.184 e. The van der Waals surface area contributed by atoms with Crippen molar-refractivity contribution < 1.29 is 14.2 Å². The highest BCUT2D eigenvalue weighted by Crippen LogP contribution is 2.36. The molecule has 0 spiro atoms. The SMILES string of the molecule is COc1cc(/C=N\NC(N)=S)cc(Br)c1OCCOc1ccc(C(C)(C)C)cc1. The van der Waals surface area contributed by atoms with Gasteiger partial charge in [0.05, 0.1) is 17.8 Å². The van der Waals surface area contributed by atoms with Gasteiger partial charge in [-0.3, -0.25) is 5.43 Å². The number of thiocarbonyl (C=S) groups is 1. The summed E-state index contributed by atoms with van der Waals surface area (Å²) in [6.45, 7) is 7.33. The van der Waals surface area contributed by atoms with E-state index < -0.39 is 0 Å². The first-order valence-corrected chi connectivity index (χ1v) is 10.2. The van der Waals surface area contributed by atoms with Crippen LogP contribution in [0.25, 0.3) is 0 Å². The third-order valence-electron chi connectivity index (χ3n) is 3.96. The Kier molecular flexibility index (Phi) is 8.28. The molecule has 29 heavy (non-hydrogen) atoms. The fourth-order valence-electron chi connectivity index (χ4n) is 2.48. The molecule has 0 aliphatic carbocycles. The normalized spacial score (nSPS) is 11.3. The lowest BCUT2D eigenvalue weighted by atomic mass is 9.87. The topological polar surface area (TPSA) is 78.1 Å². The summed E-state index contributed by atoms with van der Waals surface area (Å²) in [4.78, 5) is 0. The first kappa shape index (κ1) is 23.0. The molecular formula is C21H26BrN3O3S. The Morgan fingerprint density at radius 3 is 2.41 bits per heavy atom. The molecule has 3 N–H and O–H groups in total. The van der Waals surface area contributed by atoms with Gasteiger partial charge < -0.3 is 19.9 Å². The average Bonchev–Trinajstić information content (AvgIpc) is 2.65. The lowest BCUT2D eigenvalue weighted by Crippen LogP contribution is -2.23. The minimum atomic E-state index is 0.0975.